The van der Waals surface area contributed by atoms with Crippen molar-refractivity contribution in [3.63, 3.8) is 0 Å². The van der Waals surface area contributed by atoms with Gasteiger partial charge in [-0.05, 0) is 73.0 Å². The van der Waals surface area contributed by atoms with Crippen LogP contribution in [0.5, 0.6) is 0 Å². The highest BCUT2D eigenvalue weighted by atomic mass is 16.7. The fourth-order valence-electron chi connectivity index (χ4n) is 9.31. The van der Waals surface area contributed by atoms with Crippen LogP contribution in [0.25, 0.3) is 11.4 Å². The number of ether oxygens (including phenoxy) is 5. The molecule has 5 heterocycles. The van der Waals surface area contributed by atoms with Gasteiger partial charge in [-0.25, -0.2) is 9.78 Å². The third-order valence-corrected chi connectivity index (χ3v) is 12.7. The summed E-state index contributed by atoms with van der Waals surface area (Å²) in [5, 5.41) is 11.5. The molecule has 0 bridgehead atoms. The Balaban J connectivity index is 1.46. The third-order valence-electron chi connectivity index (χ3n) is 12.7. The molecule has 3 aliphatic rings. The van der Waals surface area contributed by atoms with Gasteiger partial charge in [0, 0.05) is 62.6 Å². The van der Waals surface area contributed by atoms with Gasteiger partial charge in [0.05, 0.1) is 36.4 Å². The van der Waals surface area contributed by atoms with Crippen molar-refractivity contribution >= 4 is 23.6 Å². The van der Waals surface area contributed by atoms with Crippen LogP contribution in [0.4, 0.5) is 4.79 Å². The van der Waals surface area contributed by atoms with Gasteiger partial charge in [-0.2, -0.15) is 0 Å². The van der Waals surface area contributed by atoms with Crippen molar-refractivity contribution in [3.8, 4) is 11.4 Å². The Morgan fingerprint density at radius 1 is 1.02 bits per heavy atom. The van der Waals surface area contributed by atoms with Crippen LogP contribution in [0.15, 0.2) is 43.8 Å². The highest BCUT2D eigenvalue weighted by Crippen LogP contribution is 2.44. The van der Waals surface area contributed by atoms with Crippen LogP contribution in [0.2, 0.25) is 0 Å². The van der Waals surface area contributed by atoms with Gasteiger partial charge in [0.25, 0.3) is 0 Å². The quantitative estimate of drug-likeness (QED) is 0.137. The van der Waals surface area contributed by atoms with E-state index in [0.29, 0.717) is 37.2 Å². The Kier molecular flexibility index (Phi) is 14.9. The maximum Gasteiger partial charge on any atom is 0.411 e. The lowest BCUT2D eigenvalue weighted by molar-refractivity contribution is -0.295. The summed E-state index contributed by atoms with van der Waals surface area (Å²) >= 11 is 0. The molecule has 0 aliphatic carbocycles. The average Bonchev–Trinajstić information content (AvgIpc) is 3.82. The number of Topliss-reactive ketones (excluding diaryl/α,β-unsaturated/α-hetero) is 2. The third kappa shape index (κ3) is 9.46. The standard InChI is InChI=1S/C43H64N6O10/c1-12-33-43(13-2)37(49(41(54)59-43)19-15-14-18-48-23-31(46-24-48)30-22-44-16-17-45-30)27(5)34(50)25(3)21-42(8,55-11)38(28(6)35(51)29(7)39(53)57-33)58-40-36(52)32(47(9)10)20-26(4)56-40/h13,16-17,22-29,32-33,36-38,40,52H,2,12,14-15,18-21H2,1,3-11H3/t25-,26-,27+,28+,29-,32+,33-,36-,37-,38-,40?,42+,43-/m1/s1. The molecule has 3 fully saturated rings. The van der Waals surface area contributed by atoms with Crippen molar-refractivity contribution in [2.45, 2.75) is 141 Å². The Bertz CT molecular complexity index is 1790. The normalized spacial score (nSPS) is 36.2. The van der Waals surface area contributed by atoms with E-state index in [1.54, 1.807) is 64.4 Å². The minimum absolute atomic E-state index is 0.102. The Morgan fingerprint density at radius 3 is 2.36 bits per heavy atom. The van der Waals surface area contributed by atoms with Gasteiger partial charge in [0.15, 0.2) is 17.7 Å². The largest absolute Gasteiger partial charge is 0.457 e. The molecule has 16 heteroatoms. The molecule has 0 spiro atoms. The summed E-state index contributed by atoms with van der Waals surface area (Å²) in [6.45, 7) is 17.0. The Morgan fingerprint density at radius 2 is 1.73 bits per heavy atom. The maximum atomic E-state index is 14.8. The minimum atomic E-state index is -1.60. The molecule has 13 atom stereocenters. The molecule has 326 valence electrons. The van der Waals surface area contributed by atoms with E-state index in [4.69, 9.17) is 23.7 Å². The molecule has 3 aliphatic heterocycles. The van der Waals surface area contributed by atoms with Gasteiger partial charge in [-0.1, -0.05) is 34.3 Å². The van der Waals surface area contributed by atoms with Crippen LogP contribution >= 0.6 is 0 Å². The highest BCUT2D eigenvalue weighted by molar-refractivity contribution is 6.00. The number of amides is 1. The number of rotatable bonds is 12. The number of aryl methyl sites for hydroxylation is 1. The number of hydrogen-bond acceptors (Lipinski definition) is 14. The average molecular weight is 825 g/mol. The number of imidazole rings is 1. The van der Waals surface area contributed by atoms with E-state index in [2.05, 4.69) is 21.5 Å². The zero-order chi connectivity index (χ0) is 43.4. The van der Waals surface area contributed by atoms with E-state index >= 15 is 0 Å². The number of carbonyl (C=O) groups is 4. The number of methoxy groups -OCH3 is 1. The summed E-state index contributed by atoms with van der Waals surface area (Å²) in [7, 11) is 5.22. The molecule has 5 rings (SSSR count). The van der Waals surface area contributed by atoms with E-state index < -0.39 is 83.4 Å². The van der Waals surface area contributed by atoms with Crippen LogP contribution in [0.1, 0.15) is 80.6 Å². The SMILES string of the molecule is C=C[C@]12OC(=O)N(CCCCn3cnc(-c4cnccn4)c3)[C@@H]1[C@@H](C)C(=O)[C@H](C)C[C@](C)(OC)[C@H](OC1O[C@H](C)C[C@H](N(C)C)[C@H]1O)[C@@H](C)C(=O)[C@@H](C)C(=O)O[C@@H]2CC. The minimum Gasteiger partial charge on any atom is -0.457 e. The summed E-state index contributed by atoms with van der Waals surface area (Å²) in [6.07, 6.45) is 6.76. The number of nitrogens with zero attached hydrogens (tertiary/aromatic N) is 6. The predicted octanol–water partition coefficient (Wildman–Crippen LogP) is 4.49. The Labute approximate surface area is 348 Å². The second-order valence-electron chi connectivity index (χ2n) is 17.0. The first-order valence-electron chi connectivity index (χ1n) is 20.8. The van der Waals surface area contributed by atoms with Crippen molar-refractivity contribution in [3.05, 3.63) is 43.8 Å². The summed E-state index contributed by atoms with van der Waals surface area (Å²) < 4.78 is 33.2. The number of aromatic nitrogens is 4. The Hall–Kier alpha value is -4.09. The molecule has 59 heavy (non-hydrogen) atoms. The molecule has 2 aromatic heterocycles. The number of aliphatic hydroxyl groups is 1. The van der Waals surface area contributed by atoms with Crippen molar-refractivity contribution in [2.24, 2.45) is 23.7 Å². The monoisotopic (exact) mass is 824 g/mol. The first-order chi connectivity index (χ1) is 27.9. The highest BCUT2D eigenvalue weighted by Gasteiger charge is 2.61. The van der Waals surface area contributed by atoms with Gasteiger partial charge < -0.3 is 38.3 Å². The summed E-state index contributed by atoms with van der Waals surface area (Å²) in [4.78, 5) is 73.5. The predicted molar refractivity (Wildman–Crippen MR) is 217 cm³/mol. The van der Waals surface area contributed by atoms with E-state index in [9.17, 15) is 24.3 Å². The summed E-state index contributed by atoms with van der Waals surface area (Å²) in [5.41, 5.74) is -1.54. The first-order valence-corrected chi connectivity index (χ1v) is 20.8. The fourth-order valence-corrected chi connectivity index (χ4v) is 9.31. The smallest absolute Gasteiger partial charge is 0.411 e. The molecule has 1 N–H and O–H groups in total. The number of fused-ring (bicyclic) bond motifs is 1. The van der Waals surface area contributed by atoms with Gasteiger partial charge in [-0.15, -0.1) is 0 Å². The lowest BCUT2D eigenvalue weighted by Crippen LogP contribution is -2.60. The number of hydrogen-bond donors (Lipinski definition) is 1. The second-order valence-corrected chi connectivity index (χ2v) is 17.0. The molecule has 2 aromatic rings. The number of ketones is 2. The number of cyclic esters (lactones) is 1. The number of unbranched alkanes of at least 4 members (excludes halogenated alkanes) is 1. The van der Waals surface area contributed by atoms with Crippen LogP contribution in [-0.2, 0) is 44.6 Å². The number of esters is 1. The van der Waals surface area contributed by atoms with Gasteiger partial charge >= 0.3 is 12.1 Å². The first kappa shape index (κ1) is 46.0. The van der Waals surface area contributed by atoms with E-state index in [-0.39, 0.29) is 37.3 Å². The molecule has 0 saturated carbocycles. The van der Waals surface area contributed by atoms with E-state index in [1.807, 2.05) is 36.7 Å². The van der Waals surface area contributed by atoms with Gasteiger partial charge in [0.1, 0.15) is 35.3 Å². The zero-order valence-corrected chi connectivity index (χ0v) is 36.3. The molecule has 1 unspecified atom stereocenters. The molecule has 0 aromatic carbocycles. The van der Waals surface area contributed by atoms with Crippen LogP contribution in [0, 0.1) is 23.7 Å². The van der Waals surface area contributed by atoms with Crippen molar-refractivity contribution in [2.75, 3.05) is 27.7 Å². The molecular weight excluding hydrogens is 761 g/mol. The van der Waals surface area contributed by atoms with Crippen LogP contribution < -0.4 is 0 Å². The maximum absolute atomic E-state index is 14.8. The number of aliphatic hydroxyl groups excluding tert-OH is 1. The van der Waals surface area contributed by atoms with Crippen molar-refractivity contribution < 1.29 is 48.0 Å². The van der Waals surface area contributed by atoms with Crippen LogP contribution in [-0.4, -0.2) is 140 Å². The van der Waals surface area contributed by atoms with Crippen LogP contribution in [0.3, 0.4) is 0 Å². The number of likely N-dealkylation sites (N-methyl/N-ethyl adjacent to an activating group) is 1. The second kappa shape index (κ2) is 19.1. The molecule has 1 amide bonds. The topological polar surface area (TPSA) is 185 Å². The lowest BCUT2D eigenvalue weighted by atomic mass is 9.72. The van der Waals surface area contributed by atoms with Gasteiger partial charge in [-0.3, -0.25) is 29.3 Å². The fraction of sp³-hybridized carbons (Fsp3) is 0.698. The van der Waals surface area contributed by atoms with Crippen molar-refractivity contribution in [1.82, 2.24) is 29.3 Å². The van der Waals surface area contributed by atoms with E-state index in [1.165, 1.54) is 20.1 Å². The summed E-state index contributed by atoms with van der Waals surface area (Å²) in [6, 6.07) is -1.19. The lowest BCUT2D eigenvalue weighted by Gasteiger charge is -2.47. The summed E-state index contributed by atoms with van der Waals surface area (Å²) in [5.74, 6) is -5.23. The molecule has 3 saturated heterocycles. The van der Waals surface area contributed by atoms with E-state index in [0.717, 1.165) is 0 Å². The van der Waals surface area contributed by atoms with Crippen molar-refractivity contribution in [1.29, 1.82) is 0 Å². The zero-order valence-electron chi connectivity index (χ0n) is 36.3. The van der Waals surface area contributed by atoms with Gasteiger partial charge in [0.2, 0.25) is 0 Å². The molecule has 16 nitrogen and oxygen atoms in total. The molecule has 0 radical (unpaired) electrons. The number of carbonyl (C=O) groups excluding carboxylic acids is 4. The molecular formula is C43H64N6O10.